The predicted molar refractivity (Wildman–Crippen MR) is 38.4 cm³/mol. The molecule has 0 aliphatic heterocycles. The third-order valence-electron chi connectivity index (χ3n) is 0.520. The monoisotopic (exact) mass is 233 g/mol. The van der Waals surface area contributed by atoms with Crippen molar-refractivity contribution in [3.05, 3.63) is 0 Å². The van der Waals surface area contributed by atoms with Crippen molar-refractivity contribution in [2.24, 2.45) is 0 Å². The van der Waals surface area contributed by atoms with Gasteiger partial charge >= 0.3 is 63.5 Å². The van der Waals surface area contributed by atoms with Crippen LogP contribution in [0.1, 0.15) is 6.42 Å². The zero-order valence-corrected chi connectivity index (χ0v) is 8.36. The molecule has 0 aromatic heterocycles. The fourth-order valence-electron chi connectivity index (χ4n) is 0.198. The fraction of sp³-hybridized carbons (Fsp3) is 0.667. The fourth-order valence-corrected chi connectivity index (χ4v) is 2.50. The average Bonchev–Trinajstić information content (AvgIpc) is 1.59. The van der Waals surface area contributed by atoms with E-state index in [0.29, 0.717) is 11.7 Å². The normalized spacial score (nSPS) is 10.8. The van der Waals surface area contributed by atoms with Crippen LogP contribution in [0, 0.1) is 11.3 Å². The van der Waals surface area contributed by atoms with E-state index >= 15 is 0 Å². The molecule has 1 nitrogen and oxygen atoms in total. The van der Waals surface area contributed by atoms with Gasteiger partial charge in [0.15, 0.2) is 0 Å². The predicted octanol–water partition coefficient (Wildman–Crippen LogP) is 2.56. The summed E-state index contributed by atoms with van der Waals surface area (Å²) in [6, 6.07) is 1.92. The van der Waals surface area contributed by atoms with E-state index in [1.54, 1.807) is 0 Å². The van der Waals surface area contributed by atoms with Crippen LogP contribution >= 0.6 is 30.0 Å². The zero-order chi connectivity index (χ0) is 6.62. The molecule has 0 fully saturated rings. The Morgan fingerprint density at radius 2 is 1.88 bits per heavy atom. The van der Waals surface area contributed by atoms with Crippen LogP contribution in [0.3, 0.4) is 0 Å². The summed E-state index contributed by atoms with van der Waals surface area (Å²) in [6.07, 6.45) is 0.372. The van der Waals surface area contributed by atoms with E-state index in [2.05, 4.69) is 0 Å². The Balaban J connectivity index is 3.28. The van der Waals surface area contributed by atoms with Crippen molar-refractivity contribution in [2.75, 3.05) is 0 Å². The topological polar surface area (TPSA) is 23.8 Å². The molecule has 46 valence electrons. The Kier molecular flexibility index (Phi) is 4.27. The molecule has 5 heteroatoms. The number of hydrogen-bond donors (Lipinski definition) is 0. The number of hydrogen-bond acceptors (Lipinski definition) is 1. The summed E-state index contributed by atoms with van der Waals surface area (Å²) in [5.74, 6) is 0. The van der Waals surface area contributed by atoms with E-state index in [-0.39, 0.29) is 0 Å². The molecule has 0 atom stereocenters. The maximum atomic E-state index is 8.03. The molecule has 0 aromatic rings. The van der Waals surface area contributed by atoms with Crippen LogP contribution in [-0.4, -0.2) is 10.5 Å². The van der Waals surface area contributed by atoms with Crippen LogP contribution in [0.2, 0.25) is 5.25 Å². The summed E-state index contributed by atoms with van der Waals surface area (Å²) in [5, 5.41) is 8.52. The number of nitrogens with zero attached hydrogens (tertiary/aromatic N) is 1. The van der Waals surface area contributed by atoms with Crippen molar-refractivity contribution in [3.8, 4) is 6.07 Å². The van der Waals surface area contributed by atoms with Gasteiger partial charge in [-0.15, -0.1) is 0 Å². The van der Waals surface area contributed by atoms with Gasteiger partial charge in [0, 0.05) is 0 Å². The first-order valence-corrected chi connectivity index (χ1v) is 11.8. The quantitative estimate of drug-likeness (QED) is 0.672. The van der Waals surface area contributed by atoms with E-state index in [9.17, 15) is 0 Å². The van der Waals surface area contributed by atoms with Gasteiger partial charge in [0.1, 0.15) is 0 Å². The van der Waals surface area contributed by atoms with E-state index in [1.807, 2.05) is 6.07 Å². The zero-order valence-electron chi connectivity index (χ0n) is 4.00. The van der Waals surface area contributed by atoms with E-state index in [1.165, 1.54) is 0 Å². The summed E-state index contributed by atoms with van der Waals surface area (Å²) in [7, 11) is 13.5. The minimum absolute atomic E-state index is 0.372. The van der Waals surface area contributed by atoms with Gasteiger partial charge in [0.2, 0.25) is 0 Å². The molecule has 0 amide bonds. The molecular formula is C3H4Cl3GeN. The summed E-state index contributed by atoms with van der Waals surface area (Å²) in [4.78, 5) is 0. The Labute approximate surface area is 63.4 Å². The summed E-state index contributed by atoms with van der Waals surface area (Å²) >= 11 is 0. The Hall–Kier alpha value is 0.903. The molecule has 0 rings (SSSR count). The number of rotatable bonds is 2. The molecule has 0 unspecified atom stereocenters. The first-order chi connectivity index (χ1) is 3.56. The van der Waals surface area contributed by atoms with Crippen LogP contribution in [0.5, 0.6) is 0 Å². The summed E-state index contributed by atoms with van der Waals surface area (Å²) < 4.78 is 0. The van der Waals surface area contributed by atoms with Gasteiger partial charge in [-0.2, -0.15) is 0 Å². The van der Waals surface area contributed by atoms with Crippen molar-refractivity contribution in [3.63, 3.8) is 0 Å². The molecule has 0 spiro atoms. The van der Waals surface area contributed by atoms with Crippen molar-refractivity contribution in [1.29, 1.82) is 5.26 Å². The van der Waals surface area contributed by atoms with E-state index in [4.69, 9.17) is 35.3 Å². The van der Waals surface area contributed by atoms with Crippen molar-refractivity contribution in [2.45, 2.75) is 11.7 Å². The minimum atomic E-state index is -2.91. The first kappa shape index (κ1) is 8.90. The Morgan fingerprint density at radius 3 is 2.00 bits per heavy atom. The molecule has 0 aliphatic rings. The summed E-state index contributed by atoms with van der Waals surface area (Å²) in [6.45, 7) is 0. The molecule has 0 aromatic carbocycles. The molecule has 0 bridgehead atoms. The molecule has 8 heavy (non-hydrogen) atoms. The molecule has 0 saturated heterocycles. The maximum absolute atomic E-state index is 8.03. The van der Waals surface area contributed by atoms with Crippen molar-refractivity contribution in [1.82, 2.24) is 0 Å². The molecule has 0 aliphatic carbocycles. The van der Waals surface area contributed by atoms with Crippen LogP contribution in [0.25, 0.3) is 0 Å². The second-order valence-corrected chi connectivity index (χ2v) is 18.0. The number of nitriles is 1. The van der Waals surface area contributed by atoms with Crippen LogP contribution < -0.4 is 0 Å². The third kappa shape index (κ3) is 6.90. The molecule has 0 saturated carbocycles. The van der Waals surface area contributed by atoms with Gasteiger partial charge in [-0.3, -0.25) is 0 Å². The molecule has 0 N–H and O–H groups in total. The Morgan fingerprint density at radius 1 is 1.38 bits per heavy atom. The molecular weight excluding hydrogens is 229 g/mol. The van der Waals surface area contributed by atoms with E-state index in [0.717, 1.165) is 0 Å². The second-order valence-electron chi connectivity index (χ2n) is 1.27. The van der Waals surface area contributed by atoms with Gasteiger partial charge in [-0.05, 0) is 0 Å². The van der Waals surface area contributed by atoms with Gasteiger partial charge in [0.05, 0.1) is 0 Å². The van der Waals surface area contributed by atoms with Crippen molar-refractivity contribution < 1.29 is 0 Å². The van der Waals surface area contributed by atoms with Crippen LogP contribution in [0.4, 0.5) is 0 Å². The van der Waals surface area contributed by atoms with Crippen LogP contribution in [-0.2, 0) is 0 Å². The van der Waals surface area contributed by atoms with Gasteiger partial charge < -0.3 is 0 Å². The van der Waals surface area contributed by atoms with Gasteiger partial charge in [0.25, 0.3) is 0 Å². The Bertz CT molecular complexity index is 102. The second kappa shape index (κ2) is 3.84. The van der Waals surface area contributed by atoms with E-state index < -0.39 is 10.5 Å². The van der Waals surface area contributed by atoms with Gasteiger partial charge in [-0.25, -0.2) is 0 Å². The van der Waals surface area contributed by atoms with Crippen LogP contribution in [0.15, 0.2) is 0 Å². The molecule has 0 radical (unpaired) electrons. The third-order valence-corrected chi connectivity index (χ3v) is 5.18. The van der Waals surface area contributed by atoms with Gasteiger partial charge in [-0.1, -0.05) is 0 Å². The standard InChI is InChI=1S/C3H4Cl3GeN/c4-7(5,6)2-1-3-8/h1-2H2. The molecule has 0 heterocycles. The SMILES string of the molecule is N#CC[CH2][Ge]([Cl])([Cl])[Cl]. The summed E-state index contributed by atoms with van der Waals surface area (Å²) in [5.41, 5.74) is 0. The number of halogens is 3. The average molecular weight is 233 g/mol. The van der Waals surface area contributed by atoms with Crippen molar-refractivity contribution >= 4 is 40.5 Å². The first-order valence-electron chi connectivity index (χ1n) is 2.00.